The number of aromatic amines is 1. The number of nitrogens with one attached hydrogen (secondary N) is 2. The van der Waals surface area contributed by atoms with E-state index in [9.17, 15) is 8.42 Å². The second kappa shape index (κ2) is 4.52. The number of rotatable bonds is 3. The van der Waals surface area contributed by atoms with Crippen molar-refractivity contribution in [3.05, 3.63) is 35.0 Å². The Bertz CT molecular complexity index is 765. The molecule has 2 aromatic rings. The van der Waals surface area contributed by atoms with Crippen LogP contribution in [-0.4, -0.2) is 25.2 Å². The van der Waals surface area contributed by atoms with Gasteiger partial charge in [0.1, 0.15) is 5.75 Å². The molecule has 1 aromatic carbocycles. The van der Waals surface area contributed by atoms with Gasteiger partial charge in [-0.25, -0.2) is 8.42 Å². The van der Waals surface area contributed by atoms with E-state index in [2.05, 4.69) is 14.9 Å². The summed E-state index contributed by atoms with van der Waals surface area (Å²) >= 11 is 0. The Kier molecular flexibility index (Phi) is 2.93. The Balaban J connectivity index is 1.94. The molecule has 0 aliphatic carbocycles. The highest BCUT2D eigenvalue weighted by Crippen LogP contribution is 2.28. The van der Waals surface area contributed by atoms with Crippen molar-refractivity contribution < 1.29 is 13.2 Å². The third kappa shape index (κ3) is 2.14. The van der Waals surface area contributed by atoms with E-state index in [1.54, 1.807) is 18.2 Å². The second-order valence-corrected chi connectivity index (χ2v) is 6.48. The Morgan fingerprint density at radius 3 is 2.85 bits per heavy atom. The van der Waals surface area contributed by atoms with Crippen molar-refractivity contribution in [1.82, 2.24) is 10.2 Å². The Morgan fingerprint density at radius 1 is 1.35 bits per heavy atom. The largest absolute Gasteiger partial charge is 0.493 e. The number of ether oxygens (including phenoxy) is 1. The number of H-pyrrole nitrogens is 1. The smallest absolute Gasteiger partial charge is 0.263 e. The molecule has 0 radical (unpaired) electrons. The molecule has 20 heavy (non-hydrogen) atoms. The number of aryl methyl sites for hydroxylation is 1. The first-order valence-corrected chi connectivity index (χ1v) is 7.76. The Labute approximate surface area is 117 Å². The van der Waals surface area contributed by atoms with Gasteiger partial charge in [-0.1, -0.05) is 0 Å². The monoisotopic (exact) mass is 293 g/mol. The van der Waals surface area contributed by atoms with Crippen molar-refractivity contribution in [1.29, 1.82) is 0 Å². The fourth-order valence-electron chi connectivity index (χ4n) is 2.10. The van der Waals surface area contributed by atoms with Gasteiger partial charge in [0.2, 0.25) is 0 Å². The average molecular weight is 293 g/mol. The molecule has 0 saturated heterocycles. The van der Waals surface area contributed by atoms with Crippen molar-refractivity contribution >= 4 is 15.8 Å². The highest BCUT2D eigenvalue weighted by molar-refractivity contribution is 7.92. The summed E-state index contributed by atoms with van der Waals surface area (Å²) in [5.74, 6) is 1.09. The average Bonchev–Trinajstić information content (AvgIpc) is 2.99. The molecular weight excluding hydrogens is 278 g/mol. The molecular formula is C13H15N3O3S. The molecule has 0 spiro atoms. The predicted octanol–water partition coefficient (Wildman–Crippen LogP) is 1.76. The quantitative estimate of drug-likeness (QED) is 0.903. The third-order valence-electron chi connectivity index (χ3n) is 3.46. The van der Waals surface area contributed by atoms with Gasteiger partial charge in [0.25, 0.3) is 10.0 Å². The number of fused-ring (bicyclic) bond motifs is 1. The Morgan fingerprint density at radius 2 is 2.15 bits per heavy atom. The number of aromatic nitrogens is 2. The summed E-state index contributed by atoms with van der Waals surface area (Å²) in [5.41, 5.74) is 2.55. The van der Waals surface area contributed by atoms with Crippen molar-refractivity contribution in [3.63, 3.8) is 0 Å². The summed E-state index contributed by atoms with van der Waals surface area (Å²) in [5, 5.41) is 6.71. The molecule has 0 fully saturated rings. The molecule has 1 aromatic heterocycles. The maximum Gasteiger partial charge on any atom is 0.263 e. The van der Waals surface area contributed by atoms with Crippen molar-refractivity contribution in [2.45, 2.75) is 25.2 Å². The van der Waals surface area contributed by atoms with Crippen LogP contribution in [0.3, 0.4) is 0 Å². The van der Waals surface area contributed by atoms with Gasteiger partial charge in [-0.3, -0.25) is 9.82 Å². The first kappa shape index (κ1) is 13.0. The SMILES string of the molecule is Cc1[nH]nc(NS(=O)(=O)c2ccc3c(c2)CCO3)c1C. The van der Waals surface area contributed by atoms with Crippen LogP contribution in [0.1, 0.15) is 16.8 Å². The van der Waals surface area contributed by atoms with Gasteiger partial charge in [0.15, 0.2) is 5.82 Å². The fraction of sp³-hybridized carbons (Fsp3) is 0.308. The van der Waals surface area contributed by atoms with E-state index >= 15 is 0 Å². The molecule has 0 amide bonds. The molecule has 106 valence electrons. The van der Waals surface area contributed by atoms with Crippen LogP contribution in [0.5, 0.6) is 5.75 Å². The van der Waals surface area contributed by atoms with Crippen LogP contribution in [0.2, 0.25) is 0 Å². The van der Waals surface area contributed by atoms with E-state index < -0.39 is 10.0 Å². The summed E-state index contributed by atoms with van der Waals surface area (Å²) in [6.45, 7) is 4.25. The lowest BCUT2D eigenvalue weighted by Gasteiger charge is -2.07. The van der Waals surface area contributed by atoms with Crippen LogP contribution in [0.25, 0.3) is 0 Å². The first-order chi connectivity index (χ1) is 9.47. The lowest BCUT2D eigenvalue weighted by molar-refractivity contribution is 0.356. The lowest BCUT2D eigenvalue weighted by Crippen LogP contribution is -2.14. The molecule has 0 saturated carbocycles. The van der Waals surface area contributed by atoms with Crippen LogP contribution >= 0.6 is 0 Å². The molecule has 3 rings (SSSR count). The van der Waals surface area contributed by atoms with E-state index in [-0.39, 0.29) is 4.90 Å². The molecule has 2 N–H and O–H groups in total. The number of sulfonamides is 1. The fourth-order valence-corrected chi connectivity index (χ4v) is 3.22. The van der Waals surface area contributed by atoms with Crippen LogP contribution in [0.15, 0.2) is 23.1 Å². The minimum Gasteiger partial charge on any atom is -0.493 e. The van der Waals surface area contributed by atoms with E-state index in [4.69, 9.17) is 4.74 Å². The van der Waals surface area contributed by atoms with Crippen molar-refractivity contribution in [2.75, 3.05) is 11.3 Å². The van der Waals surface area contributed by atoms with Gasteiger partial charge in [-0.05, 0) is 37.6 Å². The molecule has 6 nitrogen and oxygen atoms in total. The van der Waals surface area contributed by atoms with Crippen LogP contribution < -0.4 is 9.46 Å². The summed E-state index contributed by atoms with van der Waals surface area (Å²) in [4.78, 5) is 0.224. The van der Waals surface area contributed by atoms with Crippen molar-refractivity contribution in [3.8, 4) is 5.75 Å². The van der Waals surface area contributed by atoms with Crippen molar-refractivity contribution in [2.24, 2.45) is 0 Å². The van der Waals surface area contributed by atoms with Crippen LogP contribution in [0, 0.1) is 13.8 Å². The summed E-state index contributed by atoms with van der Waals surface area (Å²) in [6.07, 6.45) is 0.735. The zero-order chi connectivity index (χ0) is 14.3. The van der Waals surface area contributed by atoms with E-state index in [1.165, 1.54) is 0 Å². The van der Waals surface area contributed by atoms with Crippen LogP contribution in [0.4, 0.5) is 5.82 Å². The molecule has 2 heterocycles. The molecule has 0 atom stereocenters. The van der Waals surface area contributed by atoms with Gasteiger partial charge in [0, 0.05) is 17.7 Å². The summed E-state index contributed by atoms with van der Waals surface area (Å²) < 4.78 is 32.6. The molecule has 7 heteroatoms. The highest BCUT2D eigenvalue weighted by Gasteiger charge is 2.21. The van der Waals surface area contributed by atoms with E-state index in [1.807, 2.05) is 13.8 Å². The number of hydrogen-bond donors (Lipinski definition) is 2. The van der Waals surface area contributed by atoms with Gasteiger partial charge >= 0.3 is 0 Å². The summed E-state index contributed by atoms with van der Waals surface area (Å²) in [6, 6.07) is 4.89. The number of nitrogens with zero attached hydrogens (tertiary/aromatic N) is 1. The molecule has 1 aliphatic rings. The minimum atomic E-state index is -3.63. The predicted molar refractivity (Wildman–Crippen MR) is 74.5 cm³/mol. The topological polar surface area (TPSA) is 84.1 Å². The lowest BCUT2D eigenvalue weighted by atomic mass is 10.2. The second-order valence-electron chi connectivity index (χ2n) is 4.80. The molecule has 0 bridgehead atoms. The van der Waals surface area contributed by atoms with Gasteiger partial charge in [-0.2, -0.15) is 5.10 Å². The van der Waals surface area contributed by atoms with Crippen LogP contribution in [-0.2, 0) is 16.4 Å². The number of anilines is 1. The Hall–Kier alpha value is -2.02. The van der Waals surface area contributed by atoms with E-state index in [0.29, 0.717) is 12.4 Å². The molecule has 0 unspecified atom stereocenters. The highest BCUT2D eigenvalue weighted by atomic mass is 32.2. The zero-order valence-electron chi connectivity index (χ0n) is 11.2. The first-order valence-electron chi connectivity index (χ1n) is 6.27. The molecule has 1 aliphatic heterocycles. The normalized spacial score (nSPS) is 13.9. The summed E-state index contributed by atoms with van der Waals surface area (Å²) in [7, 11) is -3.63. The minimum absolute atomic E-state index is 0.224. The maximum atomic E-state index is 12.4. The van der Waals surface area contributed by atoms with Gasteiger partial charge in [0.05, 0.1) is 11.5 Å². The zero-order valence-corrected chi connectivity index (χ0v) is 12.0. The van der Waals surface area contributed by atoms with E-state index in [0.717, 1.165) is 29.0 Å². The number of hydrogen-bond acceptors (Lipinski definition) is 4. The third-order valence-corrected chi connectivity index (χ3v) is 4.79. The van der Waals surface area contributed by atoms with Gasteiger partial charge in [-0.15, -0.1) is 0 Å². The van der Waals surface area contributed by atoms with Gasteiger partial charge < -0.3 is 4.74 Å². The standard InChI is InChI=1S/C13H15N3O3S/c1-8-9(2)14-15-13(8)16-20(17,18)11-3-4-12-10(7-11)5-6-19-12/h3-4,7H,5-6H2,1-2H3,(H2,14,15,16). The number of benzene rings is 1. The maximum absolute atomic E-state index is 12.4.